The van der Waals surface area contributed by atoms with Gasteiger partial charge in [0.05, 0.1) is 18.6 Å². The first-order valence-electron chi connectivity index (χ1n) is 7.76. The summed E-state index contributed by atoms with van der Waals surface area (Å²) in [5, 5.41) is 2.72. The quantitative estimate of drug-likeness (QED) is 0.861. The van der Waals surface area contributed by atoms with Crippen LogP contribution in [-0.2, 0) is 14.3 Å². The van der Waals surface area contributed by atoms with Crippen molar-refractivity contribution in [3.05, 3.63) is 42.0 Å². The molecule has 126 valence electrons. The van der Waals surface area contributed by atoms with Gasteiger partial charge in [0, 0.05) is 30.7 Å². The number of hydrogen-bond acceptors (Lipinski definition) is 4. The van der Waals surface area contributed by atoms with Crippen molar-refractivity contribution in [1.82, 2.24) is 14.5 Å². The molecule has 1 atom stereocenters. The van der Waals surface area contributed by atoms with E-state index in [2.05, 4.69) is 10.3 Å². The third kappa shape index (κ3) is 3.03. The van der Waals surface area contributed by atoms with E-state index >= 15 is 0 Å². The van der Waals surface area contributed by atoms with Crippen LogP contribution in [0.25, 0.3) is 5.69 Å². The maximum absolute atomic E-state index is 12.2. The molecule has 3 rings (SSSR count). The van der Waals surface area contributed by atoms with Crippen LogP contribution in [0.2, 0.25) is 0 Å². The molecule has 1 fully saturated rings. The summed E-state index contributed by atoms with van der Waals surface area (Å²) in [5.41, 5.74) is 3.61. The van der Waals surface area contributed by atoms with Gasteiger partial charge in [-0.3, -0.25) is 9.59 Å². The molecule has 1 unspecified atom stereocenters. The number of amides is 2. The number of nitrogens with one attached hydrogen (secondary N) is 1. The number of rotatable bonds is 3. The largest absolute Gasteiger partial charge is 0.357 e. The van der Waals surface area contributed by atoms with Crippen LogP contribution in [0.3, 0.4) is 0 Å². The summed E-state index contributed by atoms with van der Waals surface area (Å²) >= 11 is 0. The highest BCUT2D eigenvalue weighted by Gasteiger charge is 2.33. The van der Waals surface area contributed by atoms with Gasteiger partial charge in [-0.2, -0.15) is 0 Å². The standard InChI is InChI=1S/C17H20N4O3/c1-11-12(2)21(10-18-11)14-6-4-13(5-7-14)19-16(22)15-17(23)20(3)8-9-24-15/h4-7,10,15H,8-9H2,1-3H3,(H,19,22). The minimum absolute atomic E-state index is 0.320. The van der Waals surface area contributed by atoms with Crippen LogP contribution in [0, 0.1) is 13.8 Å². The lowest BCUT2D eigenvalue weighted by atomic mass is 10.2. The number of anilines is 1. The molecule has 0 aliphatic carbocycles. The lowest BCUT2D eigenvalue weighted by Crippen LogP contribution is -2.50. The fourth-order valence-electron chi connectivity index (χ4n) is 2.55. The molecule has 2 heterocycles. The number of carbonyl (C=O) groups excluding carboxylic acids is 2. The Morgan fingerprint density at radius 2 is 2.00 bits per heavy atom. The van der Waals surface area contributed by atoms with Gasteiger partial charge in [0.15, 0.2) is 0 Å². The lowest BCUT2D eigenvalue weighted by Gasteiger charge is -2.28. The van der Waals surface area contributed by atoms with Crippen molar-refractivity contribution in [1.29, 1.82) is 0 Å². The summed E-state index contributed by atoms with van der Waals surface area (Å²) in [5.74, 6) is -0.770. The summed E-state index contributed by atoms with van der Waals surface area (Å²) in [6.07, 6.45) is 0.685. The molecular formula is C17H20N4O3. The van der Waals surface area contributed by atoms with Gasteiger partial charge in [0.25, 0.3) is 11.8 Å². The SMILES string of the molecule is Cc1ncn(-c2ccc(NC(=O)C3OCCN(C)C3=O)cc2)c1C. The predicted octanol–water partition coefficient (Wildman–Crippen LogP) is 1.28. The van der Waals surface area contributed by atoms with Crippen molar-refractivity contribution in [2.75, 3.05) is 25.5 Å². The van der Waals surface area contributed by atoms with Crippen LogP contribution < -0.4 is 5.32 Å². The number of ether oxygens (including phenoxy) is 1. The molecule has 0 bridgehead atoms. The van der Waals surface area contributed by atoms with Gasteiger partial charge in [-0.05, 0) is 38.1 Å². The fraction of sp³-hybridized carbons (Fsp3) is 0.353. The lowest BCUT2D eigenvalue weighted by molar-refractivity contribution is -0.156. The topological polar surface area (TPSA) is 76.5 Å². The number of aromatic nitrogens is 2. The number of likely N-dealkylation sites (N-methyl/N-ethyl adjacent to an activating group) is 1. The number of nitrogens with zero attached hydrogens (tertiary/aromatic N) is 3. The van der Waals surface area contributed by atoms with Gasteiger partial charge >= 0.3 is 0 Å². The first kappa shape index (κ1) is 16.2. The summed E-state index contributed by atoms with van der Waals surface area (Å²) in [6.45, 7) is 4.82. The number of aryl methyl sites for hydroxylation is 1. The average Bonchev–Trinajstić information content (AvgIpc) is 2.90. The van der Waals surface area contributed by atoms with Crippen molar-refractivity contribution >= 4 is 17.5 Å². The van der Waals surface area contributed by atoms with Crippen molar-refractivity contribution in [2.24, 2.45) is 0 Å². The molecular weight excluding hydrogens is 308 g/mol. The second kappa shape index (κ2) is 6.45. The number of morpholine rings is 1. The molecule has 2 aromatic rings. The van der Waals surface area contributed by atoms with Gasteiger partial charge in [-0.1, -0.05) is 0 Å². The van der Waals surface area contributed by atoms with Crippen molar-refractivity contribution in [2.45, 2.75) is 20.0 Å². The third-order valence-electron chi connectivity index (χ3n) is 4.21. The van der Waals surface area contributed by atoms with Gasteiger partial charge in [-0.25, -0.2) is 4.98 Å². The van der Waals surface area contributed by atoms with E-state index in [-0.39, 0.29) is 5.91 Å². The highest BCUT2D eigenvalue weighted by molar-refractivity contribution is 6.09. The second-order valence-corrected chi connectivity index (χ2v) is 5.83. The highest BCUT2D eigenvalue weighted by Crippen LogP contribution is 2.17. The molecule has 1 aromatic heterocycles. The zero-order valence-electron chi connectivity index (χ0n) is 13.9. The number of carbonyl (C=O) groups is 2. The van der Waals surface area contributed by atoms with Crippen LogP contribution in [0.15, 0.2) is 30.6 Å². The Balaban J connectivity index is 1.71. The van der Waals surface area contributed by atoms with Crippen LogP contribution in [0.5, 0.6) is 0 Å². The Hall–Kier alpha value is -2.67. The van der Waals surface area contributed by atoms with E-state index in [1.807, 2.05) is 30.5 Å². The first-order chi connectivity index (χ1) is 11.5. The molecule has 0 spiro atoms. The fourth-order valence-corrected chi connectivity index (χ4v) is 2.55. The van der Waals surface area contributed by atoms with Crippen molar-refractivity contribution < 1.29 is 14.3 Å². The second-order valence-electron chi connectivity index (χ2n) is 5.83. The Bertz CT molecular complexity index is 767. The molecule has 24 heavy (non-hydrogen) atoms. The minimum Gasteiger partial charge on any atom is -0.357 e. The van der Waals surface area contributed by atoms with Crippen LogP contribution in [0.1, 0.15) is 11.4 Å². The number of benzene rings is 1. The molecule has 0 radical (unpaired) electrons. The predicted molar refractivity (Wildman–Crippen MR) is 89.0 cm³/mol. The van der Waals surface area contributed by atoms with E-state index < -0.39 is 12.0 Å². The van der Waals surface area contributed by atoms with E-state index in [0.29, 0.717) is 18.8 Å². The molecule has 7 heteroatoms. The van der Waals surface area contributed by atoms with E-state index in [9.17, 15) is 9.59 Å². The summed E-state index contributed by atoms with van der Waals surface area (Å²) < 4.78 is 7.27. The summed E-state index contributed by atoms with van der Waals surface area (Å²) in [4.78, 5) is 30.0. The maximum atomic E-state index is 12.2. The Morgan fingerprint density at radius 1 is 1.29 bits per heavy atom. The smallest absolute Gasteiger partial charge is 0.263 e. The molecule has 1 saturated heterocycles. The molecule has 1 aliphatic heterocycles. The van der Waals surface area contributed by atoms with Crippen molar-refractivity contribution in [3.8, 4) is 5.69 Å². The number of hydrogen-bond donors (Lipinski definition) is 1. The molecule has 1 aromatic carbocycles. The first-order valence-corrected chi connectivity index (χ1v) is 7.76. The monoisotopic (exact) mass is 328 g/mol. The molecule has 2 amide bonds. The van der Waals surface area contributed by atoms with Crippen LogP contribution in [0.4, 0.5) is 5.69 Å². The highest BCUT2D eigenvalue weighted by atomic mass is 16.5. The van der Waals surface area contributed by atoms with Gasteiger partial charge in [0.1, 0.15) is 0 Å². The molecule has 7 nitrogen and oxygen atoms in total. The van der Waals surface area contributed by atoms with Crippen LogP contribution >= 0.6 is 0 Å². The van der Waals surface area contributed by atoms with Gasteiger partial charge in [-0.15, -0.1) is 0 Å². The molecule has 1 aliphatic rings. The Labute approximate surface area is 140 Å². The van der Waals surface area contributed by atoms with Crippen molar-refractivity contribution in [3.63, 3.8) is 0 Å². The Kier molecular flexibility index (Phi) is 4.35. The number of imidazole rings is 1. The summed E-state index contributed by atoms with van der Waals surface area (Å²) in [7, 11) is 1.66. The van der Waals surface area contributed by atoms with E-state index in [4.69, 9.17) is 4.74 Å². The maximum Gasteiger partial charge on any atom is 0.263 e. The average molecular weight is 328 g/mol. The summed E-state index contributed by atoms with van der Waals surface area (Å²) in [6, 6.07) is 7.36. The van der Waals surface area contributed by atoms with E-state index in [1.165, 1.54) is 4.90 Å². The Morgan fingerprint density at radius 3 is 2.62 bits per heavy atom. The zero-order valence-corrected chi connectivity index (χ0v) is 13.9. The third-order valence-corrected chi connectivity index (χ3v) is 4.21. The van der Waals surface area contributed by atoms with E-state index in [1.54, 1.807) is 25.5 Å². The van der Waals surface area contributed by atoms with E-state index in [0.717, 1.165) is 17.1 Å². The zero-order chi connectivity index (χ0) is 17.3. The van der Waals surface area contributed by atoms with Gasteiger partial charge in [0.2, 0.25) is 6.10 Å². The van der Waals surface area contributed by atoms with Gasteiger partial charge < -0.3 is 19.5 Å². The normalized spacial score (nSPS) is 17.9. The molecule has 1 N–H and O–H groups in total. The minimum atomic E-state index is -1.08. The van der Waals surface area contributed by atoms with Crippen LogP contribution in [-0.4, -0.2) is 52.6 Å². The molecule has 0 saturated carbocycles.